The van der Waals surface area contributed by atoms with Gasteiger partial charge >= 0.3 is 0 Å². The summed E-state index contributed by atoms with van der Waals surface area (Å²) in [6, 6.07) is 13.5. The number of halogens is 3. The Labute approximate surface area is 140 Å². The Morgan fingerprint density at radius 2 is 1.61 bits per heavy atom. The van der Waals surface area contributed by atoms with E-state index in [1.54, 1.807) is 18.2 Å². The zero-order valence-electron chi connectivity index (χ0n) is 11.6. The summed E-state index contributed by atoms with van der Waals surface area (Å²) in [5.41, 5.74) is -0.334. The monoisotopic (exact) mass is 397 g/mol. The molecule has 0 aromatic heterocycles. The molecule has 0 unspecified atom stereocenters. The molecule has 0 amide bonds. The largest absolute Gasteiger partial charge is 0.275 e. The normalized spacial score (nSPS) is 11.6. The van der Waals surface area contributed by atoms with E-state index in [2.05, 4.69) is 20.7 Å². The topological polar surface area (TPSA) is 46.2 Å². The number of fused-ring (bicyclic) bond motifs is 1. The fraction of sp³-hybridized carbons (Fsp3) is 0. The van der Waals surface area contributed by atoms with E-state index < -0.39 is 21.7 Å². The van der Waals surface area contributed by atoms with Gasteiger partial charge in [-0.15, -0.1) is 0 Å². The van der Waals surface area contributed by atoms with E-state index >= 15 is 0 Å². The van der Waals surface area contributed by atoms with Crippen LogP contribution in [0, 0.1) is 11.6 Å². The second kappa shape index (κ2) is 5.90. The van der Waals surface area contributed by atoms with E-state index in [4.69, 9.17) is 0 Å². The van der Waals surface area contributed by atoms with Gasteiger partial charge in [-0.1, -0.05) is 30.3 Å². The highest BCUT2D eigenvalue weighted by Gasteiger charge is 2.19. The highest BCUT2D eigenvalue weighted by Crippen LogP contribution is 2.29. The smallest absolute Gasteiger partial charge is 0.262 e. The van der Waals surface area contributed by atoms with Gasteiger partial charge in [-0.25, -0.2) is 17.2 Å². The first-order valence-electron chi connectivity index (χ1n) is 6.53. The molecule has 0 atom stereocenters. The molecule has 118 valence electrons. The molecular formula is C16H10BrF2NO2S. The average molecular weight is 398 g/mol. The maximum Gasteiger partial charge on any atom is 0.262 e. The molecule has 3 nitrogen and oxygen atoms in total. The van der Waals surface area contributed by atoms with Crippen molar-refractivity contribution in [2.45, 2.75) is 4.90 Å². The van der Waals surface area contributed by atoms with Crippen LogP contribution in [0.1, 0.15) is 0 Å². The summed E-state index contributed by atoms with van der Waals surface area (Å²) >= 11 is 2.96. The summed E-state index contributed by atoms with van der Waals surface area (Å²) in [5.74, 6) is -1.80. The predicted octanol–water partition coefficient (Wildman–Crippen LogP) is 4.68. The molecule has 0 spiro atoms. The molecule has 0 aliphatic rings. The number of hydrogen-bond donors (Lipinski definition) is 1. The van der Waals surface area contributed by atoms with E-state index in [0.29, 0.717) is 6.07 Å². The van der Waals surface area contributed by atoms with Crippen LogP contribution in [0.2, 0.25) is 0 Å². The second-order valence-corrected chi connectivity index (χ2v) is 7.40. The highest BCUT2D eigenvalue weighted by atomic mass is 79.9. The molecule has 3 aromatic carbocycles. The Morgan fingerprint density at radius 3 is 2.30 bits per heavy atom. The molecule has 0 heterocycles. The van der Waals surface area contributed by atoms with Crippen molar-refractivity contribution < 1.29 is 17.2 Å². The van der Waals surface area contributed by atoms with Crippen LogP contribution in [-0.2, 0) is 10.0 Å². The van der Waals surface area contributed by atoms with E-state index in [-0.39, 0.29) is 15.1 Å². The molecular weight excluding hydrogens is 388 g/mol. The molecule has 3 rings (SSSR count). The molecule has 0 saturated heterocycles. The van der Waals surface area contributed by atoms with Crippen molar-refractivity contribution in [2.75, 3.05) is 4.72 Å². The van der Waals surface area contributed by atoms with Gasteiger partial charge in [0, 0.05) is 10.5 Å². The first-order chi connectivity index (χ1) is 10.9. The van der Waals surface area contributed by atoms with Crippen molar-refractivity contribution in [1.29, 1.82) is 0 Å². The number of sulfonamides is 1. The number of anilines is 1. The number of benzene rings is 3. The second-order valence-electron chi connectivity index (χ2n) is 4.86. The zero-order chi connectivity index (χ0) is 16.6. The van der Waals surface area contributed by atoms with Gasteiger partial charge in [0.05, 0.1) is 10.6 Å². The number of hydrogen-bond acceptors (Lipinski definition) is 2. The van der Waals surface area contributed by atoms with Crippen molar-refractivity contribution in [3.05, 3.63) is 70.7 Å². The summed E-state index contributed by atoms with van der Waals surface area (Å²) in [6.45, 7) is 0. The van der Waals surface area contributed by atoms with E-state index in [1.165, 1.54) is 12.1 Å². The van der Waals surface area contributed by atoms with Gasteiger partial charge < -0.3 is 0 Å². The van der Waals surface area contributed by atoms with Crippen LogP contribution >= 0.6 is 15.9 Å². The summed E-state index contributed by atoms with van der Waals surface area (Å²) in [6.07, 6.45) is 0. The molecule has 23 heavy (non-hydrogen) atoms. The minimum Gasteiger partial charge on any atom is -0.275 e. The number of nitrogens with one attached hydrogen (secondary N) is 1. The van der Waals surface area contributed by atoms with E-state index in [1.807, 2.05) is 12.1 Å². The van der Waals surface area contributed by atoms with Crippen molar-refractivity contribution in [2.24, 2.45) is 0 Å². The van der Waals surface area contributed by atoms with Crippen LogP contribution in [0.4, 0.5) is 14.5 Å². The lowest BCUT2D eigenvalue weighted by Crippen LogP contribution is -2.14. The van der Waals surface area contributed by atoms with Gasteiger partial charge in [-0.2, -0.15) is 0 Å². The summed E-state index contributed by atoms with van der Waals surface area (Å²) in [7, 11) is -4.01. The van der Waals surface area contributed by atoms with E-state index in [9.17, 15) is 17.2 Å². The highest BCUT2D eigenvalue weighted by molar-refractivity contribution is 9.10. The molecule has 1 N–H and O–H groups in total. The van der Waals surface area contributed by atoms with Gasteiger partial charge in [-0.05, 0) is 44.9 Å². The fourth-order valence-corrected chi connectivity index (χ4v) is 3.93. The van der Waals surface area contributed by atoms with Crippen molar-refractivity contribution in [3.63, 3.8) is 0 Å². The van der Waals surface area contributed by atoms with Gasteiger partial charge in [0.2, 0.25) is 0 Å². The van der Waals surface area contributed by atoms with Crippen LogP contribution < -0.4 is 4.72 Å². The Kier molecular flexibility index (Phi) is 4.08. The minimum atomic E-state index is -4.01. The van der Waals surface area contributed by atoms with Crippen LogP contribution in [0.25, 0.3) is 10.8 Å². The SMILES string of the molecule is O=S(=O)(Nc1c(F)cc(F)cc1Br)c1ccc2ccccc2c1. The quantitative estimate of drug-likeness (QED) is 0.697. The molecule has 0 aliphatic carbocycles. The van der Waals surface area contributed by atoms with Gasteiger partial charge in [0.1, 0.15) is 5.82 Å². The maximum absolute atomic E-state index is 13.8. The summed E-state index contributed by atoms with van der Waals surface area (Å²) < 4.78 is 53.9. The summed E-state index contributed by atoms with van der Waals surface area (Å²) in [4.78, 5) is -0.00757. The fourth-order valence-electron chi connectivity index (χ4n) is 2.17. The molecule has 0 bridgehead atoms. The number of rotatable bonds is 3. The summed E-state index contributed by atoms with van der Waals surface area (Å²) in [5, 5.41) is 1.63. The van der Waals surface area contributed by atoms with Crippen LogP contribution in [0.3, 0.4) is 0 Å². The van der Waals surface area contributed by atoms with Crippen LogP contribution in [0.5, 0.6) is 0 Å². The molecule has 7 heteroatoms. The lowest BCUT2D eigenvalue weighted by molar-refractivity contribution is 0.581. The van der Waals surface area contributed by atoms with Gasteiger partial charge in [0.25, 0.3) is 10.0 Å². The molecule has 0 aliphatic heterocycles. The zero-order valence-corrected chi connectivity index (χ0v) is 14.0. The first kappa shape index (κ1) is 15.9. The van der Waals surface area contributed by atoms with Crippen molar-refractivity contribution in [3.8, 4) is 0 Å². The Hall–Kier alpha value is -1.99. The third kappa shape index (κ3) is 3.20. The average Bonchev–Trinajstić information content (AvgIpc) is 2.50. The molecule has 0 saturated carbocycles. The third-order valence-corrected chi connectivity index (χ3v) is 5.25. The third-order valence-electron chi connectivity index (χ3n) is 3.27. The van der Waals surface area contributed by atoms with Crippen LogP contribution in [0.15, 0.2) is 64.0 Å². The Morgan fingerprint density at radius 1 is 0.913 bits per heavy atom. The van der Waals surface area contributed by atoms with Gasteiger partial charge in [-0.3, -0.25) is 4.72 Å². The lowest BCUT2D eigenvalue weighted by Gasteiger charge is -2.11. The van der Waals surface area contributed by atoms with E-state index in [0.717, 1.165) is 16.8 Å². The van der Waals surface area contributed by atoms with Gasteiger partial charge in [0.15, 0.2) is 5.82 Å². The first-order valence-corrected chi connectivity index (χ1v) is 8.80. The Bertz CT molecular complexity index is 983. The van der Waals surface area contributed by atoms with Crippen LogP contribution in [-0.4, -0.2) is 8.42 Å². The lowest BCUT2D eigenvalue weighted by atomic mass is 10.1. The van der Waals surface area contributed by atoms with Crippen molar-refractivity contribution >= 4 is 42.4 Å². The molecule has 3 aromatic rings. The molecule has 0 radical (unpaired) electrons. The minimum absolute atomic E-state index is 0.00757. The van der Waals surface area contributed by atoms with Crippen molar-refractivity contribution in [1.82, 2.24) is 0 Å². The standard InChI is InChI=1S/C16H10BrF2NO2S/c17-14-8-12(18)9-15(19)16(14)20-23(21,22)13-6-5-10-3-1-2-4-11(10)7-13/h1-9,20H. The predicted molar refractivity (Wildman–Crippen MR) is 88.8 cm³/mol. The Balaban J connectivity index is 2.04. The molecule has 0 fully saturated rings. The maximum atomic E-state index is 13.8.